The van der Waals surface area contributed by atoms with Crippen molar-refractivity contribution >= 4 is 23.1 Å². The van der Waals surface area contributed by atoms with Gasteiger partial charge in [-0.3, -0.25) is 0 Å². The van der Waals surface area contributed by atoms with Crippen LogP contribution in [0.15, 0.2) is 30.6 Å². The maximum Gasteiger partial charge on any atom is 0.218 e. The van der Waals surface area contributed by atoms with E-state index in [1.54, 1.807) is 6.07 Å². The zero-order chi connectivity index (χ0) is 11.5. The quantitative estimate of drug-likeness (QED) is 0.821. The van der Waals surface area contributed by atoms with E-state index in [0.717, 1.165) is 12.4 Å². The molecule has 3 nitrogen and oxygen atoms in total. The number of halogens is 3. The predicted molar refractivity (Wildman–Crippen MR) is 56.7 cm³/mol. The van der Waals surface area contributed by atoms with Crippen LogP contribution < -0.4 is 5.32 Å². The molecule has 6 heteroatoms. The van der Waals surface area contributed by atoms with E-state index >= 15 is 0 Å². The van der Waals surface area contributed by atoms with E-state index in [0.29, 0.717) is 0 Å². The average molecular weight is 242 g/mol. The molecule has 1 aromatic carbocycles. The number of nitrogens with one attached hydrogen (secondary N) is 1. The highest BCUT2D eigenvalue weighted by Gasteiger charge is 2.07. The Bertz CT molecular complexity index is 519. The molecule has 1 heterocycles. The van der Waals surface area contributed by atoms with Crippen molar-refractivity contribution in [3.8, 4) is 0 Å². The largest absolute Gasteiger partial charge is 0.338 e. The number of aromatic nitrogens is 2. The van der Waals surface area contributed by atoms with Crippen molar-refractivity contribution in [1.82, 2.24) is 9.97 Å². The third kappa shape index (κ3) is 2.25. The van der Waals surface area contributed by atoms with Crippen molar-refractivity contribution in [3.63, 3.8) is 0 Å². The summed E-state index contributed by atoms with van der Waals surface area (Å²) in [6, 6.07) is 5.52. The molecule has 0 bridgehead atoms. The summed E-state index contributed by atoms with van der Waals surface area (Å²) >= 11 is 5.59. The second-order valence-electron chi connectivity index (χ2n) is 2.95. The molecule has 1 N–H and O–H groups in total. The number of benzene rings is 1. The van der Waals surface area contributed by atoms with Crippen LogP contribution in [0.3, 0.4) is 0 Å². The number of hydrogen-bond acceptors (Lipinski definition) is 3. The zero-order valence-corrected chi connectivity index (χ0v) is 8.67. The number of anilines is 2. The maximum absolute atomic E-state index is 13.5. The van der Waals surface area contributed by atoms with Crippen molar-refractivity contribution < 1.29 is 8.78 Å². The van der Waals surface area contributed by atoms with Crippen LogP contribution in [0.4, 0.5) is 20.3 Å². The van der Waals surface area contributed by atoms with Crippen LogP contribution in [0.2, 0.25) is 5.02 Å². The Kier molecular flexibility index (Phi) is 2.96. The van der Waals surface area contributed by atoms with E-state index in [2.05, 4.69) is 15.3 Å². The van der Waals surface area contributed by atoms with Crippen molar-refractivity contribution in [2.45, 2.75) is 0 Å². The van der Waals surface area contributed by atoms with E-state index < -0.39 is 11.8 Å². The highest BCUT2D eigenvalue weighted by Crippen LogP contribution is 2.24. The minimum atomic E-state index is -0.695. The van der Waals surface area contributed by atoms with Gasteiger partial charge in [0.15, 0.2) is 5.82 Å². The fourth-order valence-corrected chi connectivity index (χ4v) is 1.31. The fraction of sp³-hybridized carbons (Fsp3) is 0. The van der Waals surface area contributed by atoms with Gasteiger partial charge in [-0.15, -0.1) is 0 Å². The summed E-state index contributed by atoms with van der Waals surface area (Å²) in [6.45, 7) is 0. The molecule has 0 aliphatic rings. The molecular formula is C10H6ClF2N3. The molecule has 1 aromatic heterocycles. The normalized spacial score (nSPS) is 10.2. The molecule has 0 aliphatic heterocycles. The lowest BCUT2D eigenvalue weighted by Crippen LogP contribution is -1.98. The SMILES string of the molecule is Fc1cc(Nc2cccc(Cl)c2F)ncn1. The van der Waals surface area contributed by atoms with Gasteiger partial charge in [0, 0.05) is 6.07 Å². The Morgan fingerprint density at radius 3 is 2.75 bits per heavy atom. The molecule has 0 amide bonds. The van der Waals surface area contributed by atoms with Gasteiger partial charge >= 0.3 is 0 Å². The monoisotopic (exact) mass is 241 g/mol. The minimum absolute atomic E-state index is 0.0143. The second kappa shape index (κ2) is 4.40. The molecule has 0 unspecified atom stereocenters. The average Bonchev–Trinajstić information content (AvgIpc) is 2.25. The first-order valence-corrected chi connectivity index (χ1v) is 4.73. The highest BCUT2D eigenvalue weighted by atomic mass is 35.5. The summed E-state index contributed by atoms with van der Waals surface area (Å²) in [4.78, 5) is 7.02. The van der Waals surface area contributed by atoms with E-state index in [1.807, 2.05) is 0 Å². The van der Waals surface area contributed by atoms with Crippen molar-refractivity contribution in [2.24, 2.45) is 0 Å². The molecule has 0 aliphatic carbocycles. The lowest BCUT2D eigenvalue weighted by molar-refractivity contribution is 0.580. The van der Waals surface area contributed by atoms with Gasteiger partial charge in [0.05, 0.1) is 10.7 Å². The first-order valence-electron chi connectivity index (χ1n) is 4.35. The fourth-order valence-electron chi connectivity index (χ4n) is 1.14. The molecule has 0 saturated carbocycles. The predicted octanol–water partition coefficient (Wildman–Crippen LogP) is 3.15. The summed E-state index contributed by atoms with van der Waals surface area (Å²) in [5.41, 5.74) is 0.130. The van der Waals surface area contributed by atoms with Gasteiger partial charge in [-0.1, -0.05) is 17.7 Å². The highest BCUT2D eigenvalue weighted by molar-refractivity contribution is 6.31. The molecule has 0 saturated heterocycles. The molecule has 2 rings (SSSR count). The zero-order valence-electron chi connectivity index (χ0n) is 7.92. The van der Waals surface area contributed by atoms with Crippen LogP contribution in [0.1, 0.15) is 0 Å². The maximum atomic E-state index is 13.5. The second-order valence-corrected chi connectivity index (χ2v) is 3.36. The van der Waals surface area contributed by atoms with Gasteiger partial charge in [0.25, 0.3) is 0 Å². The van der Waals surface area contributed by atoms with E-state index in [-0.39, 0.29) is 16.5 Å². The van der Waals surface area contributed by atoms with E-state index in [4.69, 9.17) is 11.6 Å². The number of rotatable bonds is 2. The third-order valence-electron chi connectivity index (χ3n) is 1.85. The number of nitrogens with zero attached hydrogens (tertiary/aromatic N) is 2. The standard InChI is InChI=1S/C10H6ClF2N3/c11-6-2-1-3-7(10(6)13)16-9-4-8(12)14-5-15-9/h1-5H,(H,14,15,16). The Morgan fingerprint density at radius 1 is 1.19 bits per heavy atom. The van der Waals surface area contributed by atoms with Gasteiger partial charge in [-0.25, -0.2) is 14.4 Å². The Labute approximate surface area is 95.1 Å². The van der Waals surface area contributed by atoms with Gasteiger partial charge in [-0.05, 0) is 12.1 Å². The van der Waals surface area contributed by atoms with Crippen LogP contribution in [0.25, 0.3) is 0 Å². The van der Waals surface area contributed by atoms with Crippen LogP contribution in [-0.2, 0) is 0 Å². The summed E-state index contributed by atoms with van der Waals surface area (Å²) in [6.07, 6.45) is 1.04. The Morgan fingerprint density at radius 2 is 2.00 bits per heavy atom. The third-order valence-corrected chi connectivity index (χ3v) is 2.14. The van der Waals surface area contributed by atoms with Gasteiger partial charge in [-0.2, -0.15) is 4.39 Å². The Hall–Kier alpha value is -1.75. The van der Waals surface area contributed by atoms with Crippen molar-refractivity contribution in [1.29, 1.82) is 0 Å². The van der Waals surface area contributed by atoms with Gasteiger partial charge < -0.3 is 5.32 Å². The van der Waals surface area contributed by atoms with Gasteiger partial charge in [0.2, 0.25) is 5.95 Å². The lowest BCUT2D eigenvalue weighted by atomic mass is 10.3. The molecule has 2 aromatic rings. The summed E-state index contributed by atoms with van der Waals surface area (Å²) in [5.74, 6) is -1.14. The van der Waals surface area contributed by atoms with Crippen LogP contribution in [-0.4, -0.2) is 9.97 Å². The van der Waals surface area contributed by atoms with Crippen LogP contribution in [0.5, 0.6) is 0 Å². The van der Waals surface area contributed by atoms with Crippen LogP contribution >= 0.6 is 11.6 Å². The smallest absolute Gasteiger partial charge is 0.218 e. The Balaban J connectivity index is 2.31. The first kappa shape index (κ1) is 10.8. The molecule has 16 heavy (non-hydrogen) atoms. The van der Waals surface area contributed by atoms with Crippen molar-refractivity contribution in [2.75, 3.05) is 5.32 Å². The van der Waals surface area contributed by atoms with Crippen LogP contribution in [0, 0.1) is 11.8 Å². The molecule has 0 atom stereocenters. The molecule has 0 fully saturated rings. The first-order chi connectivity index (χ1) is 7.66. The lowest BCUT2D eigenvalue weighted by Gasteiger charge is -2.06. The molecule has 82 valence electrons. The topological polar surface area (TPSA) is 37.8 Å². The molecular weight excluding hydrogens is 236 g/mol. The minimum Gasteiger partial charge on any atom is -0.338 e. The van der Waals surface area contributed by atoms with Crippen molar-refractivity contribution in [3.05, 3.63) is 47.4 Å². The summed E-state index contributed by atoms with van der Waals surface area (Å²) in [7, 11) is 0. The summed E-state index contributed by atoms with van der Waals surface area (Å²) in [5, 5.41) is 2.59. The number of hydrogen-bond donors (Lipinski definition) is 1. The van der Waals surface area contributed by atoms with Gasteiger partial charge in [0.1, 0.15) is 12.1 Å². The van der Waals surface area contributed by atoms with E-state index in [9.17, 15) is 8.78 Å². The summed E-state index contributed by atoms with van der Waals surface area (Å²) < 4.78 is 26.2. The molecule has 0 radical (unpaired) electrons. The van der Waals surface area contributed by atoms with E-state index in [1.165, 1.54) is 12.1 Å². The molecule has 0 spiro atoms.